The quantitative estimate of drug-likeness (QED) is 0.135. The first-order valence-corrected chi connectivity index (χ1v) is 24.7. The minimum absolute atomic E-state index is 0.0181. The standard InChI is InChI=1S/C50H59Cl2FN8O5/c1-58-40-27-30(12-17-38(40)61(48(58)66)39-18-19-41(62)56-45(39)63)7-6-22-59-23-25-60(26-24-59)29-31-10-14-33(15-11-31)54-46(64)44-42(34-8-5-9-36(52)43(34)53)50(49(57-44)20-3-2-4-21-49)35-16-13-32(51)28-37(35)55-47(50)65/h5,8-9,12-13,16-17,27-28,31,33,39,42,44,57H,2-4,6-7,10-11,14-15,18-26,29H2,1H3,(H,54,64)(H,55,65)(H,56,62,63)/t31-,33-,39?,42-,44+,50+/m0/s1. The molecule has 2 aliphatic carbocycles. The van der Waals surface area contributed by atoms with E-state index < -0.39 is 40.7 Å². The lowest BCUT2D eigenvalue weighted by Gasteiger charge is -2.47. The van der Waals surface area contributed by atoms with Crippen LogP contribution in [0, 0.1) is 11.7 Å². The predicted octanol–water partition coefficient (Wildman–Crippen LogP) is 6.34. The van der Waals surface area contributed by atoms with Gasteiger partial charge in [0.2, 0.25) is 23.6 Å². The normalized spacial score (nSPS) is 27.9. The number of fused-ring (bicyclic) bond motifs is 4. The van der Waals surface area contributed by atoms with Crippen molar-refractivity contribution in [2.75, 3.05) is 44.6 Å². The van der Waals surface area contributed by atoms with Crippen LogP contribution in [-0.4, -0.2) is 99.5 Å². The van der Waals surface area contributed by atoms with Gasteiger partial charge in [-0.25, -0.2) is 9.18 Å². The predicted molar refractivity (Wildman–Crippen MR) is 252 cm³/mol. The number of carbonyl (C=O) groups is 4. The van der Waals surface area contributed by atoms with Crippen molar-refractivity contribution in [1.29, 1.82) is 0 Å². The highest BCUT2D eigenvalue weighted by Gasteiger charge is 2.72. The van der Waals surface area contributed by atoms with Crippen molar-refractivity contribution < 1.29 is 23.6 Å². The van der Waals surface area contributed by atoms with Gasteiger partial charge >= 0.3 is 5.69 Å². The molecule has 1 unspecified atom stereocenters. The molecule has 10 rings (SSSR count). The molecule has 2 saturated carbocycles. The van der Waals surface area contributed by atoms with Crippen LogP contribution in [0.2, 0.25) is 10.0 Å². The van der Waals surface area contributed by atoms with E-state index in [9.17, 15) is 24.0 Å². The molecular formula is C50H59Cl2FN8O5. The highest BCUT2D eigenvalue weighted by Crippen LogP contribution is 2.63. The Balaban J connectivity index is 0.737. The number of anilines is 1. The van der Waals surface area contributed by atoms with Crippen molar-refractivity contribution in [2.45, 2.75) is 118 Å². The largest absolute Gasteiger partial charge is 0.352 e. The Morgan fingerprint density at radius 2 is 1.62 bits per heavy atom. The van der Waals surface area contributed by atoms with Gasteiger partial charge in [0.1, 0.15) is 17.3 Å². The fraction of sp³-hybridized carbons (Fsp3) is 0.540. The molecule has 5 fully saturated rings. The molecule has 4 aliphatic heterocycles. The smallest absolute Gasteiger partial charge is 0.329 e. The minimum atomic E-state index is -1.25. The Kier molecular flexibility index (Phi) is 12.4. The number of halogens is 3. The topological polar surface area (TPSA) is 150 Å². The molecule has 350 valence electrons. The maximum Gasteiger partial charge on any atom is 0.329 e. The fourth-order valence-corrected chi connectivity index (χ4v) is 13.2. The zero-order chi connectivity index (χ0) is 45.9. The number of hydrogen-bond donors (Lipinski definition) is 4. The summed E-state index contributed by atoms with van der Waals surface area (Å²) in [6, 6.07) is 14.8. The van der Waals surface area contributed by atoms with Gasteiger partial charge in [0, 0.05) is 74.4 Å². The van der Waals surface area contributed by atoms with Crippen molar-refractivity contribution in [3.8, 4) is 0 Å². The molecule has 1 aromatic heterocycles. The lowest BCUT2D eigenvalue weighted by atomic mass is 9.55. The number of piperazine rings is 1. The monoisotopic (exact) mass is 940 g/mol. The number of aromatic nitrogens is 2. The van der Waals surface area contributed by atoms with Gasteiger partial charge in [-0.05, 0) is 117 Å². The summed E-state index contributed by atoms with van der Waals surface area (Å²) in [4.78, 5) is 72.0. The first kappa shape index (κ1) is 45.2. The van der Waals surface area contributed by atoms with Gasteiger partial charge < -0.3 is 20.4 Å². The van der Waals surface area contributed by atoms with E-state index in [1.165, 1.54) is 10.6 Å². The molecule has 2 spiro atoms. The number of imide groups is 1. The zero-order valence-electron chi connectivity index (χ0n) is 37.5. The molecule has 4 aromatic rings. The van der Waals surface area contributed by atoms with E-state index in [1.807, 2.05) is 18.2 Å². The number of hydrogen-bond acceptors (Lipinski definition) is 8. The van der Waals surface area contributed by atoms with Crippen molar-refractivity contribution in [1.82, 2.24) is 34.9 Å². The van der Waals surface area contributed by atoms with Crippen LogP contribution in [0.4, 0.5) is 10.1 Å². The Bertz CT molecular complexity index is 2630. The second kappa shape index (κ2) is 18.1. The molecule has 4 atom stereocenters. The number of piperidine rings is 1. The van der Waals surface area contributed by atoms with E-state index in [2.05, 4.69) is 37.1 Å². The van der Waals surface area contributed by atoms with Crippen LogP contribution >= 0.6 is 23.2 Å². The van der Waals surface area contributed by atoms with Crippen LogP contribution < -0.4 is 27.0 Å². The number of benzene rings is 3. The number of rotatable bonds is 10. The SMILES string of the molecule is Cn1c(=O)n(C2CCC(=O)NC2=O)c2ccc(CCCN3CCN(C[C@H]4CC[C@H](NC(=O)[C@@H]5NC6(CCCCC6)[C@@]6(C(=O)Nc7cc(Cl)ccc76)[C@H]5c5cccc(Cl)c5F)CC4)CC3)cc21. The van der Waals surface area contributed by atoms with Crippen LogP contribution in [0.3, 0.4) is 0 Å². The summed E-state index contributed by atoms with van der Waals surface area (Å²) >= 11 is 12.9. The lowest BCUT2D eigenvalue weighted by Crippen LogP contribution is -2.60. The Morgan fingerprint density at radius 3 is 2.38 bits per heavy atom. The Morgan fingerprint density at radius 1 is 0.864 bits per heavy atom. The third kappa shape index (κ3) is 7.87. The summed E-state index contributed by atoms with van der Waals surface area (Å²) < 4.78 is 19.5. The van der Waals surface area contributed by atoms with Gasteiger partial charge in [-0.15, -0.1) is 0 Å². The third-order valence-electron chi connectivity index (χ3n) is 16.1. The molecule has 3 saturated heterocycles. The molecule has 4 amide bonds. The van der Waals surface area contributed by atoms with Gasteiger partial charge in [0.25, 0.3) is 0 Å². The maximum atomic E-state index is 16.3. The number of imidazole rings is 1. The van der Waals surface area contributed by atoms with Crippen molar-refractivity contribution in [2.24, 2.45) is 13.0 Å². The summed E-state index contributed by atoms with van der Waals surface area (Å²) in [5.41, 5.74) is 1.98. The van der Waals surface area contributed by atoms with Gasteiger partial charge in [-0.3, -0.25) is 38.9 Å². The summed E-state index contributed by atoms with van der Waals surface area (Å²) in [6.45, 7) is 6.07. The van der Waals surface area contributed by atoms with E-state index in [-0.39, 0.29) is 46.5 Å². The van der Waals surface area contributed by atoms with E-state index >= 15 is 4.39 Å². The molecule has 4 N–H and O–H groups in total. The molecule has 3 aromatic carbocycles. The van der Waals surface area contributed by atoms with Crippen LogP contribution in [0.5, 0.6) is 0 Å². The van der Waals surface area contributed by atoms with Crippen LogP contribution in [0.15, 0.2) is 59.4 Å². The number of aryl methyl sites for hydroxylation is 2. The summed E-state index contributed by atoms with van der Waals surface area (Å²) in [7, 11) is 1.73. The van der Waals surface area contributed by atoms with Crippen LogP contribution in [0.1, 0.15) is 106 Å². The highest BCUT2D eigenvalue weighted by molar-refractivity contribution is 6.31. The molecular weight excluding hydrogens is 883 g/mol. The molecule has 13 nitrogen and oxygen atoms in total. The van der Waals surface area contributed by atoms with E-state index in [4.69, 9.17) is 23.2 Å². The second-order valence-electron chi connectivity index (χ2n) is 19.8. The number of nitrogens with zero attached hydrogens (tertiary/aromatic N) is 4. The summed E-state index contributed by atoms with van der Waals surface area (Å²) in [5.74, 6) is -2.08. The molecule has 0 radical (unpaired) electrons. The van der Waals surface area contributed by atoms with Gasteiger partial charge in [0.05, 0.1) is 22.1 Å². The maximum absolute atomic E-state index is 16.3. The Hall–Kier alpha value is -4.60. The molecule has 0 bridgehead atoms. The minimum Gasteiger partial charge on any atom is -0.352 e. The summed E-state index contributed by atoms with van der Waals surface area (Å²) in [6.07, 6.45) is 10.3. The van der Waals surface area contributed by atoms with E-state index in [0.717, 1.165) is 114 Å². The second-order valence-corrected chi connectivity index (χ2v) is 20.7. The van der Waals surface area contributed by atoms with Gasteiger partial charge in [-0.2, -0.15) is 0 Å². The number of carbonyl (C=O) groups excluding carboxylic acids is 4. The highest BCUT2D eigenvalue weighted by atomic mass is 35.5. The van der Waals surface area contributed by atoms with Crippen molar-refractivity contribution in [3.05, 3.63) is 97.6 Å². The molecule has 66 heavy (non-hydrogen) atoms. The fourth-order valence-electron chi connectivity index (χ4n) is 12.9. The van der Waals surface area contributed by atoms with Gasteiger partial charge in [0.15, 0.2) is 0 Å². The average molecular weight is 942 g/mol. The van der Waals surface area contributed by atoms with Gasteiger partial charge in [-0.1, -0.05) is 66.7 Å². The lowest BCUT2D eigenvalue weighted by molar-refractivity contribution is -0.136. The van der Waals surface area contributed by atoms with Crippen molar-refractivity contribution >= 4 is 63.6 Å². The van der Waals surface area contributed by atoms with E-state index in [0.29, 0.717) is 41.4 Å². The molecule has 5 heterocycles. The molecule has 16 heteroatoms. The average Bonchev–Trinajstić information content (AvgIpc) is 3.86. The number of nitrogens with one attached hydrogen (secondary N) is 4. The summed E-state index contributed by atoms with van der Waals surface area (Å²) in [5, 5.41) is 13.1. The number of amides is 4. The van der Waals surface area contributed by atoms with Crippen LogP contribution in [0.25, 0.3) is 11.0 Å². The first-order chi connectivity index (χ1) is 31.9. The third-order valence-corrected chi connectivity index (χ3v) is 16.6. The zero-order valence-corrected chi connectivity index (χ0v) is 39.0. The van der Waals surface area contributed by atoms with Crippen molar-refractivity contribution in [3.63, 3.8) is 0 Å². The Labute approximate surface area is 394 Å². The van der Waals surface area contributed by atoms with E-state index in [1.54, 1.807) is 35.9 Å². The van der Waals surface area contributed by atoms with Crippen LogP contribution in [-0.2, 0) is 38.1 Å². The molecule has 6 aliphatic rings. The first-order valence-electron chi connectivity index (χ1n) is 24.0.